The van der Waals surface area contributed by atoms with Crippen molar-refractivity contribution in [3.05, 3.63) is 69.0 Å². The van der Waals surface area contributed by atoms with Crippen LogP contribution in [0.2, 0.25) is 0 Å². The molecular formula is C18H13N5O3S. The van der Waals surface area contributed by atoms with E-state index in [0.29, 0.717) is 17.1 Å². The Morgan fingerprint density at radius 1 is 1.22 bits per heavy atom. The lowest BCUT2D eigenvalue weighted by Crippen LogP contribution is -2.14. The first-order valence-electron chi connectivity index (χ1n) is 8.00. The van der Waals surface area contributed by atoms with Crippen molar-refractivity contribution in [1.82, 2.24) is 15.0 Å². The Bertz CT molecular complexity index is 1120. The Morgan fingerprint density at radius 2 is 2.04 bits per heavy atom. The number of benzene rings is 2. The molecule has 0 saturated heterocycles. The van der Waals surface area contributed by atoms with Crippen molar-refractivity contribution < 1.29 is 9.72 Å². The van der Waals surface area contributed by atoms with E-state index in [4.69, 9.17) is 0 Å². The van der Waals surface area contributed by atoms with E-state index in [0.717, 1.165) is 16.7 Å². The largest absolute Gasteiger partial charge is 0.337 e. The summed E-state index contributed by atoms with van der Waals surface area (Å²) in [6, 6.07) is 11.4. The van der Waals surface area contributed by atoms with E-state index in [1.54, 1.807) is 29.8 Å². The molecule has 2 N–H and O–H groups in total. The van der Waals surface area contributed by atoms with Crippen LogP contribution in [-0.4, -0.2) is 25.8 Å². The van der Waals surface area contributed by atoms with Crippen LogP contribution < -0.4 is 5.32 Å². The highest BCUT2D eigenvalue weighted by molar-refractivity contribution is 7.07. The molecule has 0 unspecified atom stereocenters. The standard InChI is InChI=1S/C18H13N5O3S/c24-17(7-11-1-4-13(5-2-11)23(25)26)20-12-3-6-14-15(8-12)22-18(21-14)16-9-27-10-19-16/h1-6,8-10H,7H2,(H,20,24)(H,21,22). The second kappa shape index (κ2) is 6.96. The number of carbonyl (C=O) groups is 1. The van der Waals surface area contributed by atoms with Gasteiger partial charge in [0.2, 0.25) is 5.91 Å². The molecule has 0 aliphatic carbocycles. The van der Waals surface area contributed by atoms with Gasteiger partial charge in [0.25, 0.3) is 5.69 Å². The number of nitrogens with zero attached hydrogens (tertiary/aromatic N) is 3. The molecule has 0 bridgehead atoms. The lowest BCUT2D eigenvalue weighted by Gasteiger charge is -2.05. The molecule has 27 heavy (non-hydrogen) atoms. The average molecular weight is 379 g/mol. The number of hydrogen-bond donors (Lipinski definition) is 2. The quantitative estimate of drug-likeness (QED) is 0.405. The minimum absolute atomic E-state index is 0.000872. The number of aromatic nitrogens is 3. The fraction of sp³-hybridized carbons (Fsp3) is 0.0556. The monoisotopic (exact) mass is 379 g/mol. The summed E-state index contributed by atoms with van der Waals surface area (Å²) >= 11 is 1.49. The second-order valence-electron chi connectivity index (χ2n) is 5.84. The van der Waals surface area contributed by atoms with Gasteiger partial charge in [-0.3, -0.25) is 14.9 Å². The summed E-state index contributed by atoms with van der Waals surface area (Å²) in [5.41, 5.74) is 5.43. The first kappa shape index (κ1) is 16.9. The fourth-order valence-electron chi connectivity index (χ4n) is 2.66. The number of H-pyrrole nitrogens is 1. The van der Waals surface area contributed by atoms with Crippen LogP contribution in [0.25, 0.3) is 22.6 Å². The van der Waals surface area contributed by atoms with Gasteiger partial charge in [-0.1, -0.05) is 12.1 Å². The van der Waals surface area contributed by atoms with Gasteiger partial charge >= 0.3 is 0 Å². The van der Waals surface area contributed by atoms with Gasteiger partial charge in [0.05, 0.1) is 27.9 Å². The van der Waals surface area contributed by atoms with E-state index >= 15 is 0 Å². The van der Waals surface area contributed by atoms with Gasteiger partial charge in [-0.15, -0.1) is 11.3 Å². The highest BCUT2D eigenvalue weighted by atomic mass is 32.1. The smallest absolute Gasteiger partial charge is 0.269 e. The number of aromatic amines is 1. The molecule has 2 heterocycles. The minimum atomic E-state index is -0.469. The summed E-state index contributed by atoms with van der Waals surface area (Å²) in [5, 5.41) is 15.4. The maximum absolute atomic E-state index is 12.2. The number of nitro benzene ring substituents is 1. The zero-order chi connectivity index (χ0) is 18.8. The number of thiazole rings is 1. The summed E-state index contributed by atoms with van der Waals surface area (Å²) < 4.78 is 0. The summed E-state index contributed by atoms with van der Waals surface area (Å²) in [5.74, 6) is 0.471. The Morgan fingerprint density at radius 3 is 2.74 bits per heavy atom. The zero-order valence-corrected chi connectivity index (χ0v) is 14.7. The van der Waals surface area contributed by atoms with Gasteiger partial charge in [-0.2, -0.15) is 0 Å². The third-order valence-corrected chi connectivity index (χ3v) is 4.54. The van der Waals surface area contributed by atoms with Crippen LogP contribution in [0.1, 0.15) is 5.56 Å². The van der Waals surface area contributed by atoms with E-state index in [-0.39, 0.29) is 18.0 Å². The number of nitrogens with one attached hydrogen (secondary N) is 2. The molecule has 0 fully saturated rings. The predicted octanol–water partition coefficient (Wildman–Crippen LogP) is 3.78. The topological polar surface area (TPSA) is 114 Å². The molecule has 0 saturated carbocycles. The number of non-ortho nitro benzene ring substituents is 1. The summed E-state index contributed by atoms with van der Waals surface area (Å²) in [4.78, 5) is 34.4. The highest BCUT2D eigenvalue weighted by Gasteiger charge is 2.10. The maximum atomic E-state index is 12.2. The molecule has 2 aromatic heterocycles. The van der Waals surface area contributed by atoms with Crippen LogP contribution in [0.15, 0.2) is 53.4 Å². The molecule has 0 aliphatic rings. The zero-order valence-electron chi connectivity index (χ0n) is 13.9. The normalized spacial score (nSPS) is 10.8. The SMILES string of the molecule is O=C(Cc1ccc([N+](=O)[O-])cc1)Nc1ccc2[nH]c(-c3cscn3)nc2c1. The van der Waals surface area contributed by atoms with Crippen LogP contribution in [0.4, 0.5) is 11.4 Å². The summed E-state index contributed by atoms with van der Waals surface area (Å²) in [6.45, 7) is 0. The number of amides is 1. The Hall–Kier alpha value is -3.59. The van der Waals surface area contributed by atoms with Crippen molar-refractivity contribution in [3.63, 3.8) is 0 Å². The number of fused-ring (bicyclic) bond motifs is 1. The van der Waals surface area contributed by atoms with E-state index in [9.17, 15) is 14.9 Å². The predicted molar refractivity (Wildman–Crippen MR) is 103 cm³/mol. The van der Waals surface area contributed by atoms with Gasteiger partial charge in [0.1, 0.15) is 5.69 Å². The van der Waals surface area contributed by atoms with Crippen molar-refractivity contribution in [1.29, 1.82) is 0 Å². The van der Waals surface area contributed by atoms with Crippen LogP contribution in [0.3, 0.4) is 0 Å². The molecule has 1 amide bonds. The third-order valence-electron chi connectivity index (χ3n) is 3.95. The average Bonchev–Trinajstić information content (AvgIpc) is 3.31. The number of hydrogen-bond acceptors (Lipinski definition) is 6. The van der Waals surface area contributed by atoms with Crippen LogP contribution in [0, 0.1) is 10.1 Å². The Labute approximate surface area is 157 Å². The van der Waals surface area contributed by atoms with Crippen molar-refractivity contribution in [2.45, 2.75) is 6.42 Å². The first-order valence-corrected chi connectivity index (χ1v) is 8.94. The Balaban J connectivity index is 1.47. The number of anilines is 1. The summed E-state index contributed by atoms with van der Waals surface area (Å²) in [7, 11) is 0. The second-order valence-corrected chi connectivity index (χ2v) is 6.56. The molecule has 134 valence electrons. The van der Waals surface area contributed by atoms with Gasteiger partial charge in [0, 0.05) is 23.2 Å². The van der Waals surface area contributed by atoms with Crippen molar-refractivity contribution in [2.75, 3.05) is 5.32 Å². The third kappa shape index (κ3) is 3.67. The lowest BCUT2D eigenvalue weighted by molar-refractivity contribution is -0.384. The van der Waals surface area contributed by atoms with Crippen LogP contribution >= 0.6 is 11.3 Å². The van der Waals surface area contributed by atoms with Crippen LogP contribution in [0.5, 0.6) is 0 Å². The molecule has 2 aromatic carbocycles. The fourth-order valence-corrected chi connectivity index (χ4v) is 3.20. The van der Waals surface area contributed by atoms with E-state index < -0.39 is 4.92 Å². The maximum Gasteiger partial charge on any atom is 0.269 e. The van der Waals surface area contributed by atoms with Crippen molar-refractivity contribution >= 4 is 39.7 Å². The van der Waals surface area contributed by atoms with Crippen molar-refractivity contribution in [3.8, 4) is 11.5 Å². The van der Waals surface area contributed by atoms with Gasteiger partial charge < -0.3 is 10.3 Å². The highest BCUT2D eigenvalue weighted by Crippen LogP contribution is 2.23. The van der Waals surface area contributed by atoms with Crippen molar-refractivity contribution in [2.24, 2.45) is 0 Å². The number of rotatable bonds is 5. The summed E-state index contributed by atoms with van der Waals surface area (Å²) in [6.07, 6.45) is 0.126. The molecule has 4 aromatic rings. The van der Waals surface area contributed by atoms with E-state index in [1.165, 1.54) is 23.5 Å². The number of imidazole rings is 1. The number of carbonyl (C=O) groups excluding carboxylic acids is 1. The molecular weight excluding hydrogens is 366 g/mol. The molecule has 0 aliphatic heterocycles. The molecule has 0 radical (unpaired) electrons. The van der Waals surface area contributed by atoms with Crippen LogP contribution in [-0.2, 0) is 11.2 Å². The lowest BCUT2D eigenvalue weighted by atomic mass is 10.1. The van der Waals surface area contributed by atoms with Gasteiger partial charge in [0.15, 0.2) is 5.82 Å². The molecule has 9 heteroatoms. The molecule has 0 spiro atoms. The van der Waals surface area contributed by atoms with E-state index in [1.807, 2.05) is 11.4 Å². The molecule has 0 atom stereocenters. The van der Waals surface area contributed by atoms with E-state index in [2.05, 4.69) is 20.3 Å². The minimum Gasteiger partial charge on any atom is -0.337 e. The number of nitro groups is 1. The molecule has 4 rings (SSSR count). The first-order chi connectivity index (χ1) is 13.1. The van der Waals surface area contributed by atoms with Gasteiger partial charge in [-0.25, -0.2) is 9.97 Å². The van der Waals surface area contributed by atoms with Gasteiger partial charge in [-0.05, 0) is 23.8 Å². The Kier molecular flexibility index (Phi) is 4.35. The molecule has 8 nitrogen and oxygen atoms in total.